The molecule has 1 fully saturated rings. The molecule has 1 aliphatic carbocycles. The fourth-order valence-electron chi connectivity index (χ4n) is 2.71. The lowest BCUT2D eigenvalue weighted by Crippen LogP contribution is -2.40. The fraction of sp³-hybridized carbons (Fsp3) is 0.400. The smallest absolute Gasteiger partial charge is 0.261 e. The number of anilines is 2. The van der Waals surface area contributed by atoms with E-state index < -0.39 is 0 Å². The van der Waals surface area contributed by atoms with Crippen LogP contribution in [0, 0.1) is 12.8 Å². The number of aryl methyl sites for hydroxylation is 1. The Balaban J connectivity index is 1.56. The molecule has 2 aromatic rings. The van der Waals surface area contributed by atoms with Crippen LogP contribution in [0.2, 0.25) is 0 Å². The molecule has 6 heteroatoms. The first-order valence-electron chi connectivity index (χ1n) is 8.93. The highest BCUT2D eigenvalue weighted by atomic mass is 32.1. The van der Waals surface area contributed by atoms with Gasteiger partial charge in [-0.1, -0.05) is 18.2 Å². The van der Waals surface area contributed by atoms with Crippen LogP contribution in [-0.2, 0) is 4.79 Å². The molecule has 3 rings (SSSR count). The van der Waals surface area contributed by atoms with Gasteiger partial charge >= 0.3 is 0 Å². The van der Waals surface area contributed by atoms with Crippen LogP contribution in [0.3, 0.4) is 0 Å². The van der Waals surface area contributed by atoms with E-state index in [1.165, 1.54) is 11.3 Å². The van der Waals surface area contributed by atoms with Crippen LogP contribution in [0.1, 0.15) is 35.0 Å². The summed E-state index contributed by atoms with van der Waals surface area (Å²) in [5.41, 5.74) is 2.01. The number of amides is 2. The molecular weight excluding hydrogens is 346 g/mol. The van der Waals surface area contributed by atoms with E-state index in [0.29, 0.717) is 11.4 Å². The summed E-state index contributed by atoms with van der Waals surface area (Å²) < 4.78 is 0. The van der Waals surface area contributed by atoms with E-state index in [0.717, 1.165) is 29.1 Å². The normalized spacial score (nSPS) is 14.6. The average molecular weight is 372 g/mol. The molecule has 1 aromatic heterocycles. The van der Waals surface area contributed by atoms with E-state index in [9.17, 15) is 9.59 Å². The molecule has 1 heterocycles. The van der Waals surface area contributed by atoms with Gasteiger partial charge in [0.25, 0.3) is 5.91 Å². The van der Waals surface area contributed by atoms with E-state index >= 15 is 0 Å². The van der Waals surface area contributed by atoms with Gasteiger partial charge in [-0.3, -0.25) is 9.59 Å². The van der Waals surface area contributed by atoms with E-state index in [-0.39, 0.29) is 23.8 Å². The van der Waals surface area contributed by atoms with Gasteiger partial charge < -0.3 is 15.5 Å². The Morgan fingerprint density at radius 1 is 1.27 bits per heavy atom. The SMILES string of the molecule is Cc1cc(NC(=O)C2CC2)sc1C(=O)NCC(C)N(C)c1ccccc1. The number of thiophene rings is 1. The van der Waals surface area contributed by atoms with Crippen LogP contribution in [0.5, 0.6) is 0 Å². The molecule has 2 N–H and O–H groups in total. The number of para-hydroxylation sites is 1. The second-order valence-electron chi connectivity index (χ2n) is 6.89. The van der Waals surface area contributed by atoms with Gasteiger partial charge in [-0.15, -0.1) is 11.3 Å². The van der Waals surface area contributed by atoms with Crippen LogP contribution >= 0.6 is 11.3 Å². The molecule has 1 aliphatic rings. The number of hydrogen-bond acceptors (Lipinski definition) is 4. The summed E-state index contributed by atoms with van der Waals surface area (Å²) in [7, 11) is 2.02. The second-order valence-corrected chi connectivity index (χ2v) is 7.94. The third-order valence-corrected chi connectivity index (χ3v) is 5.85. The van der Waals surface area contributed by atoms with Crippen LogP contribution in [0.25, 0.3) is 0 Å². The second kappa shape index (κ2) is 7.91. The van der Waals surface area contributed by atoms with Gasteiger partial charge in [0.05, 0.1) is 9.88 Å². The summed E-state index contributed by atoms with van der Waals surface area (Å²) in [6, 6.07) is 12.1. The van der Waals surface area contributed by atoms with Crippen molar-refractivity contribution in [3.63, 3.8) is 0 Å². The molecule has 1 saturated carbocycles. The van der Waals surface area contributed by atoms with Crippen LogP contribution < -0.4 is 15.5 Å². The van der Waals surface area contributed by atoms with Crippen molar-refractivity contribution in [2.75, 3.05) is 23.8 Å². The van der Waals surface area contributed by atoms with Gasteiger partial charge in [-0.2, -0.15) is 0 Å². The maximum Gasteiger partial charge on any atom is 0.261 e. The molecular formula is C20H25N3O2S. The molecule has 0 aliphatic heterocycles. The molecule has 0 saturated heterocycles. The first kappa shape index (κ1) is 18.5. The van der Waals surface area contributed by atoms with Crippen LogP contribution in [0.15, 0.2) is 36.4 Å². The van der Waals surface area contributed by atoms with Crippen molar-refractivity contribution in [2.24, 2.45) is 5.92 Å². The molecule has 1 aromatic carbocycles. The van der Waals surface area contributed by atoms with E-state index in [1.54, 1.807) is 0 Å². The highest BCUT2D eigenvalue weighted by Crippen LogP contribution is 2.32. The Labute approximate surface area is 158 Å². The van der Waals surface area contributed by atoms with E-state index in [4.69, 9.17) is 0 Å². The fourth-order valence-corrected chi connectivity index (χ4v) is 3.71. The van der Waals surface area contributed by atoms with Gasteiger partial charge in [-0.05, 0) is 50.5 Å². The molecule has 0 radical (unpaired) electrons. The summed E-state index contributed by atoms with van der Waals surface area (Å²) in [6.07, 6.45) is 1.94. The zero-order valence-corrected chi connectivity index (χ0v) is 16.2. The van der Waals surface area contributed by atoms with Gasteiger partial charge in [0.2, 0.25) is 5.91 Å². The number of nitrogens with one attached hydrogen (secondary N) is 2. The molecule has 26 heavy (non-hydrogen) atoms. The zero-order chi connectivity index (χ0) is 18.7. The molecule has 2 amide bonds. The molecule has 1 atom stereocenters. The first-order valence-corrected chi connectivity index (χ1v) is 9.74. The number of carbonyl (C=O) groups is 2. The van der Waals surface area contributed by atoms with Crippen molar-refractivity contribution in [3.05, 3.63) is 46.8 Å². The number of nitrogens with zero attached hydrogens (tertiary/aromatic N) is 1. The highest BCUT2D eigenvalue weighted by Gasteiger charge is 2.30. The van der Waals surface area contributed by atoms with Gasteiger partial charge in [-0.25, -0.2) is 0 Å². The van der Waals surface area contributed by atoms with Crippen LogP contribution in [0.4, 0.5) is 10.7 Å². The lowest BCUT2D eigenvalue weighted by molar-refractivity contribution is -0.117. The number of hydrogen-bond donors (Lipinski definition) is 2. The molecule has 5 nitrogen and oxygen atoms in total. The zero-order valence-electron chi connectivity index (χ0n) is 15.4. The number of likely N-dealkylation sites (N-methyl/N-ethyl adjacent to an activating group) is 1. The first-order chi connectivity index (χ1) is 12.5. The number of benzene rings is 1. The highest BCUT2D eigenvalue weighted by molar-refractivity contribution is 7.18. The third-order valence-electron chi connectivity index (χ3n) is 4.70. The minimum atomic E-state index is -0.0901. The molecule has 1 unspecified atom stereocenters. The maximum atomic E-state index is 12.5. The standard InChI is InChI=1S/C20H25N3O2S/c1-13-11-17(22-19(24)15-9-10-15)26-18(13)20(25)21-12-14(2)23(3)16-7-5-4-6-8-16/h4-8,11,14-15H,9-10,12H2,1-3H3,(H,21,25)(H,22,24). The van der Waals surface area contributed by atoms with Crippen molar-refractivity contribution in [1.82, 2.24) is 5.32 Å². The Hall–Kier alpha value is -2.34. The maximum absolute atomic E-state index is 12.5. The number of rotatable bonds is 7. The largest absolute Gasteiger partial charge is 0.370 e. The summed E-state index contributed by atoms with van der Waals surface area (Å²) in [5.74, 6) is 0.133. The van der Waals surface area contributed by atoms with Crippen molar-refractivity contribution in [2.45, 2.75) is 32.7 Å². The van der Waals surface area contributed by atoms with Crippen LogP contribution in [-0.4, -0.2) is 31.4 Å². The molecule has 0 spiro atoms. The van der Waals surface area contributed by atoms with Gasteiger partial charge in [0.15, 0.2) is 0 Å². The molecule has 138 valence electrons. The van der Waals surface area contributed by atoms with Crippen molar-refractivity contribution in [3.8, 4) is 0 Å². The lowest BCUT2D eigenvalue weighted by atomic mass is 10.2. The molecule has 0 bridgehead atoms. The summed E-state index contributed by atoms with van der Waals surface area (Å²) in [6.45, 7) is 4.53. The third kappa shape index (κ3) is 4.43. The Bertz CT molecular complexity index is 784. The number of carbonyl (C=O) groups excluding carboxylic acids is 2. The Morgan fingerprint density at radius 3 is 2.62 bits per heavy atom. The average Bonchev–Trinajstić information content (AvgIpc) is 3.43. The summed E-state index contributed by atoms with van der Waals surface area (Å²) in [4.78, 5) is 27.2. The topological polar surface area (TPSA) is 61.4 Å². The summed E-state index contributed by atoms with van der Waals surface area (Å²) >= 11 is 1.34. The van der Waals surface area contributed by atoms with Crippen molar-refractivity contribution in [1.29, 1.82) is 0 Å². The summed E-state index contributed by atoms with van der Waals surface area (Å²) in [5, 5.41) is 6.67. The Morgan fingerprint density at radius 2 is 1.96 bits per heavy atom. The predicted octanol–water partition coefficient (Wildman–Crippen LogP) is 3.66. The quantitative estimate of drug-likeness (QED) is 0.781. The monoisotopic (exact) mass is 371 g/mol. The van der Waals surface area contributed by atoms with Gasteiger partial charge in [0.1, 0.15) is 0 Å². The Kier molecular flexibility index (Phi) is 5.61. The minimum Gasteiger partial charge on any atom is -0.370 e. The van der Waals surface area contributed by atoms with Gasteiger partial charge in [0, 0.05) is 31.2 Å². The minimum absolute atomic E-state index is 0.0660. The lowest BCUT2D eigenvalue weighted by Gasteiger charge is -2.27. The van der Waals surface area contributed by atoms with Crippen molar-refractivity contribution < 1.29 is 9.59 Å². The van der Waals surface area contributed by atoms with E-state index in [2.05, 4.69) is 34.6 Å². The predicted molar refractivity (Wildman–Crippen MR) is 107 cm³/mol. The van der Waals surface area contributed by atoms with Crippen molar-refractivity contribution >= 4 is 33.8 Å². The van der Waals surface area contributed by atoms with E-state index in [1.807, 2.05) is 38.2 Å².